The predicted molar refractivity (Wildman–Crippen MR) is 157 cm³/mol. The van der Waals surface area contributed by atoms with Crippen molar-refractivity contribution in [2.45, 2.75) is 40.0 Å². The third-order valence-electron chi connectivity index (χ3n) is 6.86. The third-order valence-corrected chi connectivity index (χ3v) is 6.86. The quantitative estimate of drug-likeness (QED) is 0.184. The number of nitrogens with one attached hydrogen (secondary N) is 3. The van der Waals surface area contributed by atoms with Crippen LogP contribution in [0.25, 0.3) is 10.9 Å². The molecule has 0 atom stereocenters. The number of aryl methyl sites for hydroxylation is 2. The Bertz CT molecular complexity index is 1580. The molecule has 0 bridgehead atoms. The molecule has 0 spiro atoms. The van der Waals surface area contributed by atoms with Gasteiger partial charge < -0.3 is 30.4 Å². The topological polar surface area (TPSA) is 142 Å². The fraction of sp³-hybridized carbons (Fsp3) is 0.333. The lowest BCUT2D eigenvalue weighted by molar-refractivity contribution is -0.121. The van der Waals surface area contributed by atoms with Gasteiger partial charge in [0.25, 0.3) is 5.56 Å². The Labute approximate surface area is 238 Å². The number of amides is 2. The fourth-order valence-electron chi connectivity index (χ4n) is 4.39. The van der Waals surface area contributed by atoms with Crippen molar-refractivity contribution in [3.8, 4) is 0 Å². The lowest BCUT2D eigenvalue weighted by atomic mass is 10.1. The van der Waals surface area contributed by atoms with E-state index in [1.807, 2.05) is 49.5 Å². The second kappa shape index (κ2) is 13.6. The molecule has 41 heavy (non-hydrogen) atoms. The second-order valence-electron chi connectivity index (χ2n) is 10.0. The van der Waals surface area contributed by atoms with Gasteiger partial charge in [0.2, 0.25) is 5.91 Å². The van der Waals surface area contributed by atoms with Gasteiger partial charge in [-0.2, -0.15) is 0 Å². The summed E-state index contributed by atoms with van der Waals surface area (Å²) in [4.78, 5) is 45.3. The molecular formula is C30H36N6O5. The van der Waals surface area contributed by atoms with Gasteiger partial charge in [-0.3, -0.25) is 14.2 Å². The minimum atomic E-state index is -0.988. The van der Waals surface area contributed by atoms with E-state index in [9.17, 15) is 14.4 Å². The molecule has 0 aliphatic carbocycles. The van der Waals surface area contributed by atoms with E-state index >= 15 is 0 Å². The number of hydrogen-bond donors (Lipinski definition) is 4. The molecule has 0 fully saturated rings. The van der Waals surface area contributed by atoms with Crippen molar-refractivity contribution in [1.29, 1.82) is 0 Å². The minimum absolute atomic E-state index is 0.0996. The summed E-state index contributed by atoms with van der Waals surface area (Å²) < 4.78 is 7.01. The lowest BCUT2D eigenvalue weighted by Crippen LogP contribution is -2.34. The molecule has 0 aliphatic heterocycles. The standard InChI is InChI=1S/C30H36N6O5/c1-20-15-32-26-8-7-23(14-25(20)26)17-33-27(37)18-36-21(2)16-34-28(29(36)38)31-10-9-22-5-4-6-24(13-22)19-41-12-11-35(3)30(39)40/h4-8,13-16,32H,9-12,17-19H2,1-3H3,(H,31,34)(H,33,37)(H,39,40). The van der Waals surface area contributed by atoms with E-state index in [1.165, 1.54) is 16.5 Å². The molecule has 11 heteroatoms. The van der Waals surface area contributed by atoms with Crippen molar-refractivity contribution in [3.05, 3.63) is 93.2 Å². The van der Waals surface area contributed by atoms with Crippen LogP contribution in [-0.4, -0.2) is 63.3 Å². The highest BCUT2D eigenvalue weighted by Gasteiger charge is 2.12. The Morgan fingerprint density at radius 2 is 1.93 bits per heavy atom. The number of nitrogens with zero attached hydrogens (tertiary/aromatic N) is 3. The summed E-state index contributed by atoms with van der Waals surface area (Å²) in [6.45, 7) is 5.51. The fourth-order valence-corrected chi connectivity index (χ4v) is 4.39. The van der Waals surface area contributed by atoms with Crippen molar-refractivity contribution in [2.24, 2.45) is 0 Å². The van der Waals surface area contributed by atoms with E-state index in [0.29, 0.717) is 45.0 Å². The number of H-pyrrole nitrogens is 1. The number of fused-ring (bicyclic) bond motifs is 1. The Hall–Kier alpha value is -4.64. The monoisotopic (exact) mass is 560 g/mol. The van der Waals surface area contributed by atoms with Crippen LogP contribution in [0.2, 0.25) is 0 Å². The molecule has 2 heterocycles. The summed E-state index contributed by atoms with van der Waals surface area (Å²) in [7, 11) is 1.50. The molecule has 0 saturated heterocycles. The van der Waals surface area contributed by atoms with E-state index in [1.54, 1.807) is 13.1 Å². The van der Waals surface area contributed by atoms with Crippen molar-refractivity contribution in [3.63, 3.8) is 0 Å². The summed E-state index contributed by atoms with van der Waals surface area (Å²) in [6.07, 6.45) is 3.20. The van der Waals surface area contributed by atoms with Crippen LogP contribution < -0.4 is 16.2 Å². The average Bonchev–Trinajstić information content (AvgIpc) is 3.33. The van der Waals surface area contributed by atoms with Crippen LogP contribution in [-0.2, 0) is 35.6 Å². The SMILES string of the molecule is Cc1c[nH]c2ccc(CNC(=O)Cn3c(C)cnc(NCCc4cccc(COCCN(C)C(=O)O)c4)c3=O)cc12. The summed E-state index contributed by atoms with van der Waals surface area (Å²) in [5.74, 6) is -0.0642. The lowest BCUT2D eigenvalue weighted by Gasteiger charge is -2.13. The van der Waals surface area contributed by atoms with Gasteiger partial charge in [0.05, 0.1) is 13.2 Å². The number of ether oxygens (including phenoxy) is 1. The molecule has 4 rings (SSSR count). The molecule has 0 radical (unpaired) electrons. The zero-order valence-electron chi connectivity index (χ0n) is 23.6. The van der Waals surface area contributed by atoms with Crippen molar-refractivity contribution >= 4 is 28.7 Å². The number of aromatic nitrogens is 3. The maximum Gasteiger partial charge on any atom is 0.407 e. The van der Waals surface area contributed by atoms with Crippen molar-refractivity contribution in [2.75, 3.05) is 32.1 Å². The van der Waals surface area contributed by atoms with Crippen LogP contribution in [0.4, 0.5) is 10.6 Å². The first-order chi connectivity index (χ1) is 19.7. The molecule has 11 nitrogen and oxygen atoms in total. The highest BCUT2D eigenvalue weighted by atomic mass is 16.5. The van der Waals surface area contributed by atoms with Crippen LogP contribution in [0.1, 0.15) is 27.9 Å². The van der Waals surface area contributed by atoms with Gasteiger partial charge >= 0.3 is 6.09 Å². The molecule has 4 N–H and O–H groups in total. The van der Waals surface area contributed by atoms with E-state index in [4.69, 9.17) is 9.84 Å². The second-order valence-corrected chi connectivity index (χ2v) is 10.0. The molecule has 0 aliphatic rings. The number of hydrogen-bond acceptors (Lipinski definition) is 6. The number of carboxylic acid groups (broad SMARTS) is 1. The number of carbonyl (C=O) groups is 2. The molecule has 4 aromatic rings. The van der Waals surface area contributed by atoms with Crippen LogP contribution in [0.15, 0.2) is 59.7 Å². The first kappa shape index (κ1) is 29.3. The van der Waals surface area contributed by atoms with Crippen LogP contribution in [0.5, 0.6) is 0 Å². The normalized spacial score (nSPS) is 11.0. The molecule has 2 amide bonds. The summed E-state index contributed by atoms with van der Waals surface area (Å²) in [5, 5.41) is 16.0. The van der Waals surface area contributed by atoms with E-state index < -0.39 is 6.09 Å². The summed E-state index contributed by atoms with van der Waals surface area (Å²) >= 11 is 0. The highest BCUT2D eigenvalue weighted by molar-refractivity contribution is 5.83. The van der Waals surface area contributed by atoms with Gasteiger partial charge in [0.15, 0.2) is 5.82 Å². The number of carbonyl (C=O) groups excluding carboxylic acids is 1. The average molecular weight is 561 g/mol. The number of benzene rings is 2. The molecule has 2 aromatic heterocycles. The van der Waals surface area contributed by atoms with Crippen LogP contribution >= 0.6 is 0 Å². The van der Waals surface area contributed by atoms with Gasteiger partial charge in [-0.15, -0.1) is 0 Å². The Balaban J connectivity index is 1.28. The Morgan fingerprint density at radius 1 is 1.12 bits per heavy atom. The van der Waals surface area contributed by atoms with E-state index in [-0.39, 0.29) is 23.8 Å². The summed E-state index contributed by atoms with van der Waals surface area (Å²) in [6, 6.07) is 13.9. The first-order valence-electron chi connectivity index (χ1n) is 13.4. The zero-order valence-corrected chi connectivity index (χ0v) is 23.6. The Morgan fingerprint density at radius 3 is 2.73 bits per heavy atom. The van der Waals surface area contributed by atoms with E-state index in [2.05, 4.69) is 26.7 Å². The molecular weight excluding hydrogens is 524 g/mol. The Kier molecular flexibility index (Phi) is 9.75. The van der Waals surface area contributed by atoms with Crippen molar-refractivity contribution < 1.29 is 19.4 Å². The number of anilines is 1. The van der Waals surface area contributed by atoms with Crippen LogP contribution in [0, 0.1) is 13.8 Å². The van der Waals surface area contributed by atoms with Gasteiger partial charge in [-0.1, -0.05) is 30.3 Å². The zero-order chi connectivity index (χ0) is 29.4. The van der Waals surface area contributed by atoms with Crippen LogP contribution in [0.3, 0.4) is 0 Å². The van der Waals surface area contributed by atoms with Gasteiger partial charge in [0, 0.05) is 55.7 Å². The largest absolute Gasteiger partial charge is 0.465 e. The number of aromatic amines is 1. The summed E-state index contributed by atoms with van der Waals surface area (Å²) in [5.41, 5.74) is 5.46. The predicted octanol–water partition coefficient (Wildman–Crippen LogP) is 3.44. The maximum atomic E-state index is 13.1. The molecule has 0 saturated carbocycles. The van der Waals surface area contributed by atoms with Gasteiger partial charge in [0.1, 0.15) is 6.54 Å². The number of likely N-dealkylation sites (N-methyl/N-ethyl adjacent to an activating group) is 1. The van der Waals surface area contributed by atoms with Gasteiger partial charge in [-0.25, -0.2) is 9.78 Å². The molecule has 2 aromatic carbocycles. The highest BCUT2D eigenvalue weighted by Crippen LogP contribution is 2.19. The minimum Gasteiger partial charge on any atom is -0.465 e. The maximum absolute atomic E-state index is 13.1. The third kappa shape index (κ3) is 7.95. The number of rotatable bonds is 13. The first-order valence-corrected chi connectivity index (χ1v) is 13.4. The molecule has 216 valence electrons. The van der Waals surface area contributed by atoms with E-state index in [0.717, 1.165) is 33.2 Å². The van der Waals surface area contributed by atoms with Gasteiger partial charge in [-0.05, 0) is 54.7 Å². The van der Waals surface area contributed by atoms with Crippen molar-refractivity contribution in [1.82, 2.24) is 24.8 Å². The molecule has 0 unspecified atom stereocenters. The smallest absolute Gasteiger partial charge is 0.407 e.